The zero-order valence-electron chi connectivity index (χ0n) is 15.0. The van der Waals surface area contributed by atoms with Crippen molar-refractivity contribution >= 4 is 19.4 Å². The highest BCUT2D eigenvalue weighted by molar-refractivity contribution is 7.55. The lowest BCUT2D eigenvalue weighted by atomic mass is 10.2. The molecule has 0 aliphatic heterocycles. The highest BCUT2D eigenvalue weighted by Crippen LogP contribution is 2.53. The quantitative estimate of drug-likeness (QED) is 0.582. The van der Waals surface area contributed by atoms with Crippen LogP contribution in [0.15, 0.2) is 60.7 Å². The Labute approximate surface area is 150 Å². The van der Waals surface area contributed by atoms with E-state index in [1.807, 2.05) is 87.5 Å². The maximum Gasteiger partial charge on any atom is 0.356 e. The van der Waals surface area contributed by atoms with E-state index in [4.69, 9.17) is 9.05 Å². The predicted molar refractivity (Wildman–Crippen MR) is 105 cm³/mol. The van der Waals surface area contributed by atoms with Gasteiger partial charge in [0.15, 0.2) is 0 Å². The van der Waals surface area contributed by atoms with Gasteiger partial charge in [0.2, 0.25) is 0 Å². The summed E-state index contributed by atoms with van der Waals surface area (Å²) in [5.74, 6) is -0.574. The van der Waals surface area contributed by atoms with Crippen LogP contribution in [0.5, 0.6) is 0 Å². The highest BCUT2D eigenvalue weighted by Gasteiger charge is 2.33. The first kappa shape index (κ1) is 19.5. The van der Waals surface area contributed by atoms with Gasteiger partial charge in [0.05, 0.1) is 13.2 Å². The first-order chi connectivity index (χ1) is 12.1. The molecule has 0 saturated carbocycles. The van der Waals surface area contributed by atoms with E-state index in [0.717, 1.165) is 11.3 Å². The molecule has 0 fully saturated rings. The number of anilines is 1. The fourth-order valence-corrected chi connectivity index (χ4v) is 4.10. The largest absolute Gasteiger partial charge is 0.368 e. The number of benzene rings is 2. The summed E-state index contributed by atoms with van der Waals surface area (Å²) in [6.07, 6.45) is 3.78. The Morgan fingerprint density at radius 2 is 1.60 bits per heavy atom. The van der Waals surface area contributed by atoms with E-state index in [2.05, 4.69) is 5.32 Å². The van der Waals surface area contributed by atoms with Crippen LogP contribution in [0.2, 0.25) is 0 Å². The lowest BCUT2D eigenvalue weighted by Gasteiger charge is -2.25. The van der Waals surface area contributed by atoms with Crippen LogP contribution in [0.4, 0.5) is 5.69 Å². The number of nitrogens with one attached hydrogen (secondary N) is 1. The van der Waals surface area contributed by atoms with Gasteiger partial charge >= 0.3 is 7.60 Å². The molecule has 0 bridgehead atoms. The molecule has 2 aromatic rings. The maximum atomic E-state index is 13.2. The molecule has 0 heterocycles. The Hall–Kier alpha value is -1.87. The molecule has 1 unspecified atom stereocenters. The molecule has 2 aromatic carbocycles. The zero-order valence-corrected chi connectivity index (χ0v) is 15.9. The number of hydrogen-bond acceptors (Lipinski definition) is 4. The average molecular weight is 359 g/mol. The summed E-state index contributed by atoms with van der Waals surface area (Å²) >= 11 is 0. The van der Waals surface area contributed by atoms with Gasteiger partial charge in [-0.05, 0) is 44.5 Å². The smallest absolute Gasteiger partial charge is 0.356 e. The highest BCUT2D eigenvalue weighted by atomic mass is 31.2. The van der Waals surface area contributed by atoms with Crippen LogP contribution in [-0.2, 0) is 13.6 Å². The van der Waals surface area contributed by atoms with E-state index in [1.165, 1.54) is 5.56 Å². The van der Waals surface area contributed by atoms with Gasteiger partial charge in [-0.25, -0.2) is 0 Å². The fraction of sp³-hybridized carbons (Fsp3) is 0.300. The number of aryl methyl sites for hydroxylation is 1. The molecule has 0 saturated heterocycles. The number of hydrogen-bond donors (Lipinski definition) is 1. The summed E-state index contributed by atoms with van der Waals surface area (Å²) < 4.78 is 24.3. The van der Waals surface area contributed by atoms with Gasteiger partial charge in [-0.1, -0.05) is 54.1 Å². The van der Waals surface area contributed by atoms with Gasteiger partial charge in [-0.3, -0.25) is 4.57 Å². The van der Waals surface area contributed by atoms with Crippen molar-refractivity contribution in [2.45, 2.75) is 26.6 Å². The Morgan fingerprint density at radius 3 is 2.16 bits per heavy atom. The maximum absolute atomic E-state index is 13.2. The van der Waals surface area contributed by atoms with Crippen LogP contribution in [0, 0.1) is 6.92 Å². The average Bonchev–Trinajstić information content (AvgIpc) is 2.61. The Bertz CT molecular complexity index is 703. The van der Waals surface area contributed by atoms with Gasteiger partial charge in [0, 0.05) is 5.69 Å². The normalized spacial score (nSPS) is 13.1. The standard InChI is InChI=1S/C20H26NO3P/c1-4-23-25(22,24-5-2)20(16-13-18-9-7-6-8-10-18)21-19-14-11-17(3)12-15-19/h6-16,20-21H,4-5H2,1-3H3/b16-13+. The molecule has 0 amide bonds. The molecule has 5 heteroatoms. The van der Waals surface area contributed by atoms with Gasteiger partial charge < -0.3 is 14.4 Å². The summed E-state index contributed by atoms with van der Waals surface area (Å²) in [5.41, 5.74) is 3.06. The molecule has 134 valence electrons. The van der Waals surface area contributed by atoms with E-state index in [9.17, 15) is 4.57 Å². The van der Waals surface area contributed by atoms with E-state index < -0.39 is 13.4 Å². The molecule has 0 aliphatic carbocycles. The van der Waals surface area contributed by atoms with Crippen molar-refractivity contribution in [2.75, 3.05) is 18.5 Å². The number of rotatable bonds is 9. The monoisotopic (exact) mass is 359 g/mol. The molecule has 0 aliphatic rings. The molecule has 4 nitrogen and oxygen atoms in total. The van der Waals surface area contributed by atoms with Crippen LogP contribution in [0.25, 0.3) is 6.08 Å². The van der Waals surface area contributed by atoms with E-state index in [0.29, 0.717) is 13.2 Å². The van der Waals surface area contributed by atoms with Gasteiger partial charge in [-0.2, -0.15) is 0 Å². The van der Waals surface area contributed by atoms with Crippen molar-refractivity contribution in [2.24, 2.45) is 0 Å². The fourth-order valence-electron chi connectivity index (χ4n) is 2.38. The topological polar surface area (TPSA) is 47.6 Å². The van der Waals surface area contributed by atoms with Crippen molar-refractivity contribution in [3.63, 3.8) is 0 Å². The molecule has 1 atom stereocenters. The van der Waals surface area contributed by atoms with Gasteiger partial charge in [-0.15, -0.1) is 0 Å². The second-order valence-corrected chi connectivity index (χ2v) is 7.75. The molecule has 1 N–H and O–H groups in total. The summed E-state index contributed by atoms with van der Waals surface area (Å²) in [5, 5.41) is 3.29. The van der Waals surface area contributed by atoms with Crippen LogP contribution in [-0.4, -0.2) is 19.0 Å². The Kier molecular flexibility index (Phi) is 7.45. The molecule has 0 spiro atoms. The Balaban J connectivity index is 2.30. The molecule has 25 heavy (non-hydrogen) atoms. The molecular formula is C20H26NO3P. The van der Waals surface area contributed by atoms with Gasteiger partial charge in [0.1, 0.15) is 5.78 Å². The van der Waals surface area contributed by atoms with Crippen molar-refractivity contribution in [1.29, 1.82) is 0 Å². The van der Waals surface area contributed by atoms with Crippen molar-refractivity contribution in [3.05, 3.63) is 71.8 Å². The minimum atomic E-state index is -3.34. The Morgan fingerprint density at radius 1 is 1.00 bits per heavy atom. The summed E-state index contributed by atoms with van der Waals surface area (Å²) in [6.45, 7) is 6.30. The first-order valence-electron chi connectivity index (χ1n) is 8.52. The molecular weight excluding hydrogens is 333 g/mol. The lowest BCUT2D eigenvalue weighted by molar-refractivity contribution is 0.217. The molecule has 0 aromatic heterocycles. The second kappa shape index (κ2) is 9.57. The predicted octanol–water partition coefficient (Wildman–Crippen LogP) is 5.71. The lowest BCUT2D eigenvalue weighted by Crippen LogP contribution is -2.20. The minimum absolute atomic E-state index is 0.322. The van der Waals surface area contributed by atoms with Crippen molar-refractivity contribution in [3.8, 4) is 0 Å². The van der Waals surface area contributed by atoms with Crippen LogP contribution in [0.3, 0.4) is 0 Å². The summed E-state index contributed by atoms with van der Waals surface area (Å²) in [6, 6.07) is 17.8. The SMILES string of the molecule is CCOP(=O)(OCC)C(/C=C/c1ccccc1)Nc1ccc(C)cc1. The third-order valence-electron chi connectivity index (χ3n) is 3.60. The van der Waals surface area contributed by atoms with Crippen molar-refractivity contribution in [1.82, 2.24) is 0 Å². The van der Waals surface area contributed by atoms with Crippen LogP contribution in [0.1, 0.15) is 25.0 Å². The third-order valence-corrected chi connectivity index (χ3v) is 5.81. The minimum Gasteiger partial charge on any atom is -0.368 e. The first-order valence-corrected chi connectivity index (χ1v) is 10.1. The van der Waals surface area contributed by atoms with E-state index in [-0.39, 0.29) is 0 Å². The van der Waals surface area contributed by atoms with Crippen LogP contribution < -0.4 is 5.32 Å². The molecule has 0 radical (unpaired) electrons. The van der Waals surface area contributed by atoms with E-state index >= 15 is 0 Å². The second-order valence-electron chi connectivity index (χ2n) is 5.60. The van der Waals surface area contributed by atoms with Crippen LogP contribution >= 0.6 is 7.60 Å². The van der Waals surface area contributed by atoms with Gasteiger partial charge in [0.25, 0.3) is 0 Å². The third kappa shape index (κ3) is 5.86. The summed E-state index contributed by atoms with van der Waals surface area (Å²) in [4.78, 5) is 0. The molecule has 2 rings (SSSR count). The van der Waals surface area contributed by atoms with E-state index in [1.54, 1.807) is 0 Å². The summed E-state index contributed by atoms with van der Waals surface area (Å²) in [7, 11) is -3.34. The van der Waals surface area contributed by atoms with Crippen molar-refractivity contribution < 1.29 is 13.6 Å². The zero-order chi connectivity index (χ0) is 18.1.